The standard InChI is InChI=1S/C12H17NO3S/c1-4-9-13(10(2)3)17(15,16)12-7-5-11(14)6-8-12/h4-8,10,14H,1,9H2,2-3H3. The van der Waals surface area contributed by atoms with Crippen LogP contribution in [0.3, 0.4) is 0 Å². The summed E-state index contributed by atoms with van der Waals surface area (Å²) in [5.41, 5.74) is 0. The molecule has 0 heterocycles. The second-order valence-electron chi connectivity index (χ2n) is 3.95. The predicted molar refractivity (Wildman–Crippen MR) is 67.3 cm³/mol. The molecule has 1 aromatic rings. The highest BCUT2D eigenvalue weighted by atomic mass is 32.2. The second kappa shape index (κ2) is 5.33. The van der Waals surface area contributed by atoms with Gasteiger partial charge in [-0.25, -0.2) is 8.42 Å². The van der Waals surface area contributed by atoms with E-state index in [2.05, 4.69) is 6.58 Å². The molecule has 0 amide bonds. The van der Waals surface area contributed by atoms with Crippen LogP contribution in [0.2, 0.25) is 0 Å². The van der Waals surface area contributed by atoms with Gasteiger partial charge in [0, 0.05) is 12.6 Å². The maximum atomic E-state index is 12.3. The van der Waals surface area contributed by atoms with Gasteiger partial charge in [-0.3, -0.25) is 0 Å². The number of sulfonamides is 1. The molecule has 5 heteroatoms. The van der Waals surface area contributed by atoms with Gasteiger partial charge >= 0.3 is 0 Å². The van der Waals surface area contributed by atoms with E-state index < -0.39 is 10.0 Å². The van der Waals surface area contributed by atoms with Crippen molar-refractivity contribution in [2.45, 2.75) is 24.8 Å². The SMILES string of the molecule is C=CCN(C(C)C)S(=O)(=O)c1ccc(O)cc1. The Bertz CT molecular complexity index is 477. The highest BCUT2D eigenvalue weighted by Gasteiger charge is 2.25. The molecule has 0 spiro atoms. The Hall–Kier alpha value is -1.33. The minimum absolute atomic E-state index is 0.0452. The lowest BCUT2D eigenvalue weighted by molar-refractivity contribution is 0.383. The van der Waals surface area contributed by atoms with Crippen LogP contribution in [0.5, 0.6) is 5.75 Å². The molecule has 0 aliphatic rings. The van der Waals surface area contributed by atoms with Gasteiger partial charge < -0.3 is 5.11 Å². The molecule has 4 nitrogen and oxygen atoms in total. The number of nitrogens with zero attached hydrogens (tertiary/aromatic N) is 1. The van der Waals surface area contributed by atoms with E-state index in [1.165, 1.54) is 28.6 Å². The third kappa shape index (κ3) is 3.08. The first kappa shape index (κ1) is 13.7. The number of phenols is 1. The second-order valence-corrected chi connectivity index (χ2v) is 5.84. The summed E-state index contributed by atoms with van der Waals surface area (Å²) in [4.78, 5) is 0.172. The van der Waals surface area contributed by atoms with E-state index in [-0.39, 0.29) is 23.2 Å². The summed E-state index contributed by atoms with van der Waals surface area (Å²) in [5.74, 6) is 0.0452. The van der Waals surface area contributed by atoms with Crippen molar-refractivity contribution in [2.24, 2.45) is 0 Å². The zero-order valence-electron chi connectivity index (χ0n) is 10.00. The first-order valence-electron chi connectivity index (χ1n) is 5.31. The fourth-order valence-electron chi connectivity index (χ4n) is 1.47. The highest BCUT2D eigenvalue weighted by molar-refractivity contribution is 7.89. The molecule has 1 rings (SSSR count). The molecule has 0 saturated heterocycles. The van der Waals surface area contributed by atoms with Gasteiger partial charge in [0.2, 0.25) is 10.0 Å². The first-order chi connectivity index (χ1) is 7.89. The molecule has 0 aliphatic carbocycles. The van der Waals surface area contributed by atoms with Crippen LogP contribution in [-0.4, -0.2) is 30.4 Å². The van der Waals surface area contributed by atoms with Crippen molar-refractivity contribution in [3.05, 3.63) is 36.9 Å². The number of phenolic OH excluding ortho intramolecular Hbond substituents is 1. The monoisotopic (exact) mass is 255 g/mol. The predicted octanol–water partition coefficient (Wildman–Crippen LogP) is 1.98. The van der Waals surface area contributed by atoms with Crippen LogP contribution in [0.15, 0.2) is 41.8 Å². The Morgan fingerprint density at radius 2 is 1.88 bits per heavy atom. The van der Waals surface area contributed by atoms with Crippen LogP contribution in [-0.2, 0) is 10.0 Å². The average molecular weight is 255 g/mol. The Morgan fingerprint density at radius 1 is 1.35 bits per heavy atom. The molecule has 0 saturated carbocycles. The van der Waals surface area contributed by atoms with E-state index in [1.54, 1.807) is 6.08 Å². The lowest BCUT2D eigenvalue weighted by Crippen LogP contribution is -2.36. The Labute approximate surface area is 102 Å². The number of aromatic hydroxyl groups is 1. The topological polar surface area (TPSA) is 57.6 Å². The van der Waals surface area contributed by atoms with Crippen molar-refractivity contribution >= 4 is 10.0 Å². The van der Waals surface area contributed by atoms with E-state index in [0.717, 1.165) is 0 Å². The van der Waals surface area contributed by atoms with Crippen LogP contribution in [0, 0.1) is 0 Å². The zero-order valence-corrected chi connectivity index (χ0v) is 10.8. The molecule has 0 aromatic heterocycles. The summed E-state index contributed by atoms with van der Waals surface area (Å²) in [6.45, 7) is 7.44. The number of hydrogen-bond donors (Lipinski definition) is 1. The van der Waals surface area contributed by atoms with Crippen molar-refractivity contribution in [1.82, 2.24) is 4.31 Å². The molecule has 94 valence electrons. The Morgan fingerprint density at radius 3 is 2.29 bits per heavy atom. The molecule has 1 N–H and O–H groups in total. The molecule has 0 atom stereocenters. The van der Waals surface area contributed by atoms with Crippen molar-refractivity contribution in [1.29, 1.82) is 0 Å². The fourth-order valence-corrected chi connectivity index (χ4v) is 3.07. The molecular weight excluding hydrogens is 238 g/mol. The summed E-state index contributed by atoms with van der Waals surface area (Å²) in [7, 11) is -3.53. The van der Waals surface area contributed by atoms with Gasteiger partial charge in [-0.15, -0.1) is 6.58 Å². The number of rotatable bonds is 5. The molecule has 0 unspecified atom stereocenters. The van der Waals surface area contributed by atoms with Crippen molar-refractivity contribution in [2.75, 3.05) is 6.54 Å². The normalized spacial score (nSPS) is 12.0. The maximum Gasteiger partial charge on any atom is 0.243 e. The van der Waals surface area contributed by atoms with E-state index in [4.69, 9.17) is 5.11 Å². The van der Waals surface area contributed by atoms with Crippen molar-refractivity contribution in [3.63, 3.8) is 0 Å². The summed E-state index contributed by atoms with van der Waals surface area (Å²) in [6.07, 6.45) is 1.55. The summed E-state index contributed by atoms with van der Waals surface area (Å²) < 4.78 is 25.9. The molecule has 17 heavy (non-hydrogen) atoms. The maximum absolute atomic E-state index is 12.3. The zero-order chi connectivity index (χ0) is 13.1. The molecule has 0 bridgehead atoms. The van der Waals surface area contributed by atoms with Crippen LogP contribution in [0.1, 0.15) is 13.8 Å². The molecular formula is C12H17NO3S. The van der Waals surface area contributed by atoms with Crippen LogP contribution in [0.4, 0.5) is 0 Å². The van der Waals surface area contributed by atoms with Gasteiger partial charge in [0.1, 0.15) is 5.75 Å². The molecule has 0 radical (unpaired) electrons. The molecule has 0 fully saturated rings. The third-order valence-corrected chi connectivity index (χ3v) is 4.38. The van der Waals surface area contributed by atoms with Crippen molar-refractivity contribution < 1.29 is 13.5 Å². The van der Waals surface area contributed by atoms with Gasteiger partial charge in [-0.05, 0) is 38.1 Å². The minimum atomic E-state index is -3.53. The smallest absolute Gasteiger partial charge is 0.243 e. The highest BCUT2D eigenvalue weighted by Crippen LogP contribution is 2.20. The van der Waals surface area contributed by atoms with Crippen LogP contribution in [0.25, 0.3) is 0 Å². The Balaban J connectivity index is 3.16. The third-order valence-electron chi connectivity index (χ3n) is 2.33. The summed E-state index contributed by atoms with van der Waals surface area (Å²) in [5, 5.41) is 9.15. The lowest BCUT2D eigenvalue weighted by Gasteiger charge is -2.24. The number of hydrogen-bond acceptors (Lipinski definition) is 3. The van der Waals surface area contributed by atoms with Gasteiger partial charge in [-0.2, -0.15) is 4.31 Å². The minimum Gasteiger partial charge on any atom is -0.508 e. The summed E-state index contributed by atoms with van der Waals surface area (Å²) in [6, 6.07) is 5.36. The lowest BCUT2D eigenvalue weighted by atomic mass is 10.3. The quantitative estimate of drug-likeness (QED) is 0.818. The van der Waals surface area contributed by atoms with Crippen LogP contribution < -0.4 is 0 Å². The van der Waals surface area contributed by atoms with Gasteiger partial charge in [-0.1, -0.05) is 6.08 Å². The van der Waals surface area contributed by atoms with E-state index >= 15 is 0 Å². The van der Waals surface area contributed by atoms with Gasteiger partial charge in [0.05, 0.1) is 4.90 Å². The summed E-state index contributed by atoms with van der Waals surface area (Å²) >= 11 is 0. The van der Waals surface area contributed by atoms with Crippen LogP contribution >= 0.6 is 0 Å². The largest absolute Gasteiger partial charge is 0.508 e. The molecule has 0 aliphatic heterocycles. The van der Waals surface area contributed by atoms with E-state index in [0.29, 0.717) is 0 Å². The van der Waals surface area contributed by atoms with Gasteiger partial charge in [0.25, 0.3) is 0 Å². The van der Waals surface area contributed by atoms with Crippen molar-refractivity contribution in [3.8, 4) is 5.75 Å². The van der Waals surface area contributed by atoms with Gasteiger partial charge in [0.15, 0.2) is 0 Å². The molecule has 1 aromatic carbocycles. The Kier molecular flexibility index (Phi) is 4.31. The average Bonchev–Trinajstić information content (AvgIpc) is 2.25. The van der Waals surface area contributed by atoms with E-state index in [1.807, 2.05) is 13.8 Å². The number of benzene rings is 1. The first-order valence-corrected chi connectivity index (χ1v) is 6.75. The fraction of sp³-hybridized carbons (Fsp3) is 0.333. The van der Waals surface area contributed by atoms with E-state index in [9.17, 15) is 8.42 Å².